The Morgan fingerprint density at radius 1 is 1.25 bits per heavy atom. The molecule has 1 amide bonds. The Morgan fingerprint density at radius 2 is 1.91 bits per heavy atom. The van der Waals surface area contributed by atoms with Crippen LogP contribution in [0, 0.1) is 6.92 Å². The number of thiocarbonyl (C=S) groups is 1. The number of nitrogens with zero attached hydrogens (tertiary/aromatic N) is 1. The molecular weight excluding hydrogens is 453 g/mol. The van der Waals surface area contributed by atoms with E-state index in [0.29, 0.717) is 25.2 Å². The van der Waals surface area contributed by atoms with Crippen LogP contribution in [0.5, 0.6) is 5.75 Å². The minimum Gasteiger partial charge on any atom is -0.481 e. The number of hydrogen-bond donors (Lipinski definition) is 2. The van der Waals surface area contributed by atoms with E-state index in [-0.39, 0.29) is 40.0 Å². The lowest BCUT2D eigenvalue weighted by Gasteiger charge is -2.41. The number of halogens is 5. The lowest BCUT2D eigenvalue weighted by molar-refractivity contribution is -0.289. The molecule has 0 radical (unpaired) electrons. The molecule has 2 N–H and O–H groups in total. The Morgan fingerprint density at radius 3 is 2.44 bits per heavy atom. The van der Waals surface area contributed by atoms with Gasteiger partial charge >= 0.3 is 12.1 Å². The lowest BCUT2D eigenvalue weighted by atomic mass is 9.88. The largest absolute Gasteiger partial charge is 0.481 e. The summed E-state index contributed by atoms with van der Waals surface area (Å²) < 4.78 is 74.1. The number of alkyl halides is 5. The second kappa shape index (κ2) is 8.17. The van der Waals surface area contributed by atoms with Crippen LogP contribution in [0.3, 0.4) is 0 Å². The van der Waals surface area contributed by atoms with Crippen LogP contribution in [0.25, 0.3) is 5.70 Å². The Kier molecular flexibility index (Phi) is 6.18. The van der Waals surface area contributed by atoms with Crippen molar-refractivity contribution in [1.29, 1.82) is 0 Å². The predicted molar refractivity (Wildman–Crippen MR) is 113 cm³/mol. The summed E-state index contributed by atoms with van der Waals surface area (Å²) in [6.45, 7) is 7.18. The molecule has 2 heterocycles. The summed E-state index contributed by atoms with van der Waals surface area (Å²) in [7, 11) is 0. The first-order chi connectivity index (χ1) is 14.7. The van der Waals surface area contributed by atoms with Gasteiger partial charge in [-0.05, 0) is 64.0 Å². The van der Waals surface area contributed by atoms with Gasteiger partial charge in [-0.2, -0.15) is 22.0 Å². The van der Waals surface area contributed by atoms with Gasteiger partial charge in [0.1, 0.15) is 11.4 Å². The van der Waals surface area contributed by atoms with Gasteiger partial charge in [0.25, 0.3) is 0 Å². The standard InChI is InChI=1S/C21H24F5N3O2S/c1-5-27-18(32)28-17-16(29-10-6-7-14(29)30)15-11(2)12(20(22,23)21(24,25)26)8-9-13(15)31-19(17,3)4/h8-9H,5-7,10H2,1-4H3,(H2,27,28,32). The number of hydrogen-bond acceptors (Lipinski definition) is 3. The molecule has 1 aromatic carbocycles. The fourth-order valence-electron chi connectivity index (χ4n) is 3.98. The molecule has 0 bridgehead atoms. The van der Waals surface area contributed by atoms with Crippen LogP contribution >= 0.6 is 12.2 Å². The molecule has 32 heavy (non-hydrogen) atoms. The normalized spacial score (nSPS) is 18.4. The average Bonchev–Trinajstić information content (AvgIpc) is 3.07. The Bertz CT molecular complexity index is 988. The van der Waals surface area contributed by atoms with Gasteiger partial charge in [-0.15, -0.1) is 0 Å². The minimum atomic E-state index is -5.78. The molecule has 3 rings (SSSR count). The van der Waals surface area contributed by atoms with Gasteiger partial charge in [0.05, 0.1) is 11.4 Å². The molecule has 1 saturated heterocycles. The molecule has 0 saturated carbocycles. The highest BCUT2D eigenvalue weighted by Gasteiger charge is 2.60. The van der Waals surface area contributed by atoms with Crippen molar-refractivity contribution in [3.05, 3.63) is 34.5 Å². The lowest BCUT2D eigenvalue weighted by Crippen LogP contribution is -2.48. The number of ether oxygens (including phenoxy) is 1. The van der Waals surface area contributed by atoms with Gasteiger partial charge in [-0.1, -0.05) is 0 Å². The molecule has 5 nitrogen and oxygen atoms in total. The van der Waals surface area contributed by atoms with Crippen LogP contribution < -0.4 is 15.4 Å². The van der Waals surface area contributed by atoms with Crippen molar-refractivity contribution in [2.24, 2.45) is 0 Å². The third kappa shape index (κ3) is 4.02. The van der Waals surface area contributed by atoms with E-state index in [0.717, 1.165) is 12.1 Å². The zero-order valence-electron chi connectivity index (χ0n) is 18.0. The second-order valence-electron chi connectivity index (χ2n) is 8.15. The summed E-state index contributed by atoms with van der Waals surface area (Å²) in [5.41, 5.74) is -2.06. The molecule has 0 spiro atoms. The molecular formula is C21H24F5N3O2S. The molecule has 0 aromatic heterocycles. The molecule has 1 fully saturated rings. The molecule has 0 aliphatic carbocycles. The van der Waals surface area contributed by atoms with Crippen LogP contribution in [0.2, 0.25) is 0 Å². The van der Waals surface area contributed by atoms with Crippen LogP contribution in [0.15, 0.2) is 17.8 Å². The number of benzene rings is 1. The minimum absolute atomic E-state index is 0.0165. The molecule has 2 aliphatic rings. The van der Waals surface area contributed by atoms with Gasteiger partial charge in [0.2, 0.25) is 5.91 Å². The van der Waals surface area contributed by atoms with Crippen molar-refractivity contribution in [2.75, 3.05) is 13.1 Å². The fourth-order valence-corrected chi connectivity index (χ4v) is 4.22. The monoisotopic (exact) mass is 477 g/mol. The van der Waals surface area contributed by atoms with Crippen LogP contribution in [0.4, 0.5) is 22.0 Å². The quantitative estimate of drug-likeness (QED) is 0.491. The van der Waals surface area contributed by atoms with Crippen molar-refractivity contribution >= 4 is 28.9 Å². The highest BCUT2D eigenvalue weighted by Crippen LogP contribution is 2.50. The highest BCUT2D eigenvalue weighted by atomic mass is 32.1. The van der Waals surface area contributed by atoms with Gasteiger partial charge in [0, 0.05) is 30.6 Å². The molecule has 0 atom stereocenters. The second-order valence-corrected chi connectivity index (χ2v) is 8.56. The van der Waals surface area contributed by atoms with E-state index in [1.54, 1.807) is 13.8 Å². The summed E-state index contributed by atoms with van der Waals surface area (Å²) >= 11 is 5.27. The number of amides is 1. The van der Waals surface area contributed by atoms with E-state index in [4.69, 9.17) is 17.0 Å². The number of carbonyl (C=O) groups is 1. The van der Waals surface area contributed by atoms with Gasteiger partial charge in [-0.25, -0.2) is 0 Å². The topological polar surface area (TPSA) is 53.6 Å². The maximum absolute atomic E-state index is 14.3. The van der Waals surface area contributed by atoms with Crippen LogP contribution in [-0.4, -0.2) is 40.8 Å². The fraction of sp³-hybridized carbons (Fsp3) is 0.524. The number of carbonyl (C=O) groups excluding carboxylic acids is 1. The first-order valence-electron chi connectivity index (χ1n) is 10.1. The summed E-state index contributed by atoms with van der Waals surface area (Å²) in [5, 5.41) is 6.10. The molecule has 0 unspecified atom stereocenters. The summed E-state index contributed by atoms with van der Waals surface area (Å²) in [6.07, 6.45) is -5.01. The Hall–Kier alpha value is -2.43. The van der Waals surface area contributed by atoms with Gasteiger partial charge in [-0.3, -0.25) is 4.79 Å². The van der Waals surface area contributed by atoms with E-state index in [2.05, 4.69) is 10.6 Å². The maximum Gasteiger partial charge on any atom is 0.458 e. The van der Waals surface area contributed by atoms with E-state index >= 15 is 0 Å². The Labute approximate surface area is 188 Å². The van der Waals surface area contributed by atoms with Crippen LogP contribution in [-0.2, 0) is 10.7 Å². The number of nitrogens with one attached hydrogen (secondary N) is 2. The summed E-state index contributed by atoms with van der Waals surface area (Å²) in [4.78, 5) is 14.1. The van der Waals surface area contributed by atoms with Crippen molar-refractivity contribution in [3.8, 4) is 5.75 Å². The third-order valence-electron chi connectivity index (χ3n) is 5.48. The number of rotatable bonds is 4. The van der Waals surface area contributed by atoms with E-state index in [1.807, 2.05) is 6.92 Å². The van der Waals surface area contributed by atoms with Crippen molar-refractivity contribution in [1.82, 2.24) is 15.5 Å². The number of likely N-dealkylation sites (tertiary alicyclic amines) is 1. The highest BCUT2D eigenvalue weighted by molar-refractivity contribution is 7.80. The average molecular weight is 477 g/mol. The predicted octanol–water partition coefficient (Wildman–Crippen LogP) is 4.60. The first kappa shape index (κ1) is 24.2. The molecule has 11 heteroatoms. The van der Waals surface area contributed by atoms with Crippen molar-refractivity contribution < 1.29 is 31.5 Å². The zero-order chi connectivity index (χ0) is 24.1. The maximum atomic E-state index is 14.3. The molecule has 176 valence electrons. The van der Waals surface area contributed by atoms with E-state index in [1.165, 1.54) is 11.8 Å². The van der Waals surface area contributed by atoms with E-state index < -0.39 is 23.3 Å². The zero-order valence-corrected chi connectivity index (χ0v) is 18.9. The Balaban J connectivity index is 2.32. The van der Waals surface area contributed by atoms with Crippen LogP contribution in [0.1, 0.15) is 50.3 Å². The third-order valence-corrected chi connectivity index (χ3v) is 5.73. The van der Waals surface area contributed by atoms with E-state index in [9.17, 15) is 26.7 Å². The first-order valence-corrected chi connectivity index (χ1v) is 10.5. The summed E-state index contributed by atoms with van der Waals surface area (Å²) in [5.74, 6) is -5.22. The number of fused-ring (bicyclic) bond motifs is 1. The SMILES string of the molecule is CCNC(=S)NC1=C(N2CCCC2=O)c2c(ccc(C(F)(F)C(F)(F)F)c2C)OC1(C)C. The van der Waals surface area contributed by atoms with Crippen molar-refractivity contribution in [3.63, 3.8) is 0 Å². The van der Waals surface area contributed by atoms with Gasteiger partial charge < -0.3 is 20.3 Å². The molecule has 2 aliphatic heterocycles. The smallest absolute Gasteiger partial charge is 0.458 e. The van der Waals surface area contributed by atoms with Crippen molar-refractivity contribution in [2.45, 2.75) is 58.2 Å². The summed E-state index contributed by atoms with van der Waals surface area (Å²) in [6, 6.07) is 1.82. The molecule has 1 aromatic rings. The van der Waals surface area contributed by atoms with Gasteiger partial charge in [0.15, 0.2) is 5.11 Å².